The quantitative estimate of drug-likeness (QED) is 0.728. The van der Waals surface area contributed by atoms with Gasteiger partial charge in [-0.3, -0.25) is 24.1 Å². The molecule has 1 aliphatic heterocycles. The lowest BCUT2D eigenvalue weighted by molar-refractivity contribution is -0.114. The molecule has 1 aliphatic carbocycles. The highest BCUT2D eigenvalue weighted by atomic mass is 16.2. The topological polar surface area (TPSA) is 95.6 Å². The molecule has 2 aromatic carbocycles. The molecule has 2 aromatic rings. The third-order valence-corrected chi connectivity index (χ3v) is 5.85. The molecule has 4 rings (SSSR count). The summed E-state index contributed by atoms with van der Waals surface area (Å²) in [5.41, 5.74) is 2.77. The average Bonchev–Trinajstić information content (AvgIpc) is 3.00. The summed E-state index contributed by atoms with van der Waals surface area (Å²) in [5.74, 6) is -1.26. The Morgan fingerprint density at radius 3 is 2.29 bits per heavy atom. The first-order valence-corrected chi connectivity index (χ1v) is 10.6. The van der Waals surface area contributed by atoms with Gasteiger partial charge in [0, 0.05) is 18.5 Å². The third kappa shape index (κ3) is 4.08. The van der Waals surface area contributed by atoms with Crippen LogP contribution in [0.25, 0.3) is 0 Å². The van der Waals surface area contributed by atoms with Gasteiger partial charge >= 0.3 is 0 Å². The minimum atomic E-state index is -0.420. The number of benzene rings is 2. The van der Waals surface area contributed by atoms with Crippen LogP contribution in [0.2, 0.25) is 0 Å². The van der Waals surface area contributed by atoms with E-state index in [-0.39, 0.29) is 34.9 Å². The van der Waals surface area contributed by atoms with Crippen LogP contribution in [-0.2, 0) is 4.79 Å². The fraction of sp³-hybridized carbons (Fsp3) is 0.333. The summed E-state index contributed by atoms with van der Waals surface area (Å²) in [6.45, 7) is 3.28. The lowest BCUT2D eigenvalue weighted by Gasteiger charge is -2.29. The number of carbonyl (C=O) groups excluding carboxylic acids is 4. The van der Waals surface area contributed by atoms with Crippen molar-refractivity contribution >= 4 is 35.0 Å². The van der Waals surface area contributed by atoms with Crippen molar-refractivity contribution in [1.82, 2.24) is 4.90 Å². The summed E-state index contributed by atoms with van der Waals surface area (Å²) < 4.78 is 0. The normalized spacial score (nSPS) is 16.3. The van der Waals surface area contributed by atoms with Gasteiger partial charge in [-0.1, -0.05) is 25.3 Å². The monoisotopic (exact) mass is 419 g/mol. The van der Waals surface area contributed by atoms with Gasteiger partial charge in [0.1, 0.15) is 0 Å². The zero-order valence-electron chi connectivity index (χ0n) is 17.7. The van der Waals surface area contributed by atoms with Crippen molar-refractivity contribution in [3.05, 3.63) is 58.7 Å². The van der Waals surface area contributed by atoms with Crippen LogP contribution in [0, 0.1) is 6.92 Å². The predicted octanol–water partition coefficient (Wildman–Crippen LogP) is 4.13. The van der Waals surface area contributed by atoms with Gasteiger partial charge in [0.25, 0.3) is 17.7 Å². The minimum absolute atomic E-state index is 0.0640. The lowest BCUT2D eigenvalue weighted by atomic mass is 9.94. The Kier molecular flexibility index (Phi) is 5.59. The standard InChI is InChI=1S/C24H25N3O4/c1-14-8-11-20(25-15(2)28)21(12-14)26-22(29)16-9-10-18-19(13-16)24(31)27(23(18)30)17-6-4-3-5-7-17/h8-13,17H,3-7H2,1-2H3,(H,25,28)(H,26,29). The Labute approximate surface area is 180 Å². The highest BCUT2D eigenvalue weighted by molar-refractivity contribution is 6.22. The van der Waals surface area contributed by atoms with Gasteiger partial charge in [0.15, 0.2) is 0 Å². The van der Waals surface area contributed by atoms with Crippen molar-refractivity contribution in [2.75, 3.05) is 10.6 Å². The highest BCUT2D eigenvalue weighted by Gasteiger charge is 2.40. The zero-order valence-corrected chi connectivity index (χ0v) is 17.7. The number of fused-ring (bicyclic) bond motifs is 1. The third-order valence-electron chi connectivity index (χ3n) is 5.85. The van der Waals surface area contributed by atoms with Crippen LogP contribution in [-0.4, -0.2) is 34.6 Å². The number of carbonyl (C=O) groups is 4. The van der Waals surface area contributed by atoms with Crippen molar-refractivity contribution in [3.63, 3.8) is 0 Å². The van der Waals surface area contributed by atoms with E-state index in [4.69, 9.17) is 0 Å². The van der Waals surface area contributed by atoms with Gasteiger partial charge in [-0.05, 0) is 55.7 Å². The molecule has 31 heavy (non-hydrogen) atoms. The lowest BCUT2D eigenvalue weighted by Crippen LogP contribution is -2.40. The first-order valence-electron chi connectivity index (χ1n) is 10.6. The van der Waals surface area contributed by atoms with Crippen LogP contribution in [0.5, 0.6) is 0 Å². The molecule has 1 heterocycles. The summed E-state index contributed by atoms with van der Waals surface area (Å²) >= 11 is 0. The summed E-state index contributed by atoms with van der Waals surface area (Å²) in [6, 6.07) is 9.85. The van der Waals surface area contributed by atoms with E-state index < -0.39 is 5.91 Å². The molecular weight excluding hydrogens is 394 g/mol. The molecule has 1 fully saturated rings. The molecule has 0 bridgehead atoms. The number of imide groups is 1. The van der Waals surface area contributed by atoms with Gasteiger partial charge < -0.3 is 10.6 Å². The van der Waals surface area contributed by atoms with Crippen molar-refractivity contribution in [2.24, 2.45) is 0 Å². The van der Waals surface area contributed by atoms with Crippen molar-refractivity contribution in [2.45, 2.75) is 52.0 Å². The molecule has 7 heteroatoms. The summed E-state index contributed by atoms with van der Waals surface area (Å²) in [7, 11) is 0. The molecular formula is C24H25N3O4. The predicted molar refractivity (Wildman–Crippen MR) is 117 cm³/mol. The van der Waals surface area contributed by atoms with E-state index in [9.17, 15) is 19.2 Å². The van der Waals surface area contributed by atoms with Gasteiger partial charge in [-0.25, -0.2) is 0 Å². The van der Waals surface area contributed by atoms with E-state index in [0.717, 1.165) is 37.7 Å². The largest absolute Gasteiger partial charge is 0.325 e. The number of nitrogens with zero attached hydrogens (tertiary/aromatic N) is 1. The van der Waals surface area contributed by atoms with E-state index in [0.29, 0.717) is 16.9 Å². The number of nitrogens with one attached hydrogen (secondary N) is 2. The summed E-state index contributed by atoms with van der Waals surface area (Å²) in [4.78, 5) is 51.6. The SMILES string of the molecule is CC(=O)Nc1ccc(C)cc1NC(=O)c1ccc2c(c1)C(=O)N(C1CCCCC1)C2=O. The van der Waals surface area contributed by atoms with Crippen LogP contribution in [0.3, 0.4) is 0 Å². The molecule has 2 aliphatic rings. The van der Waals surface area contributed by atoms with Gasteiger partial charge in [-0.2, -0.15) is 0 Å². The highest BCUT2D eigenvalue weighted by Crippen LogP contribution is 2.32. The number of aryl methyl sites for hydroxylation is 1. The molecule has 0 spiro atoms. The molecule has 7 nitrogen and oxygen atoms in total. The number of hydrogen-bond acceptors (Lipinski definition) is 4. The maximum absolute atomic E-state index is 13.0. The Morgan fingerprint density at radius 1 is 0.871 bits per heavy atom. The second kappa shape index (κ2) is 8.34. The summed E-state index contributed by atoms with van der Waals surface area (Å²) in [5, 5.41) is 5.50. The van der Waals surface area contributed by atoms with E-state index in [1.807, 2.05) is 13.0 Å². The number of amides is 4. The Balaban J connectivity index is 1.58. The molecule has 0 aromatic heterocycles. The van der Waals surface area contributed by atoms with Crippen molar-refractivity contribution < 1.29 is 19.2 Å². The second-order valence-corrected chi connectivity index (χ2v) is 8.22. The molecule has 0 radical (unpaired) electrons. The number of anilines is 2. The van der Waals surface area contributed by atoms with Crippen LogP contribution in [0.1, 0.15) is 75.7 Å². The Bertz CT molecular complexity index is 1090. The molecule has 2 N–H and O–H groups in total. The summed E-state index contributed by atoms with van der Waals surface area (Å²) in [6.07, 6.45) is 4.82. The molecule has 0 atom stereocenters. The van der Waals surface area contributed by atoms with Crippen LogP contribution in [0.15, 0.2) is 36.4 Å². The fourth-order valence-electron chi connectivity index (χ4n) is 4.33. The van der Waals surface area contributed by atoms with E-state index in [1.165, 1.54) is 17.9 Å². The van der Waals surface area contributed by atoms with Crippen molar-refractivity contribution in [3.8, 4) is 0 Å². The van der Waals surface area contributed by atoms with Crippen LogP contribution in [0.4, 0.5) is 11.4 Å². The van der Waals surface area contributed by atoms with Crippen LogP contribution < -0.4 is 10.6 Å². The Hall–Kier alpha value is -3.48. The van der Waals surface area contributed by atoms with Gasteiger partial charge in [0.2, 0.25) is 5.91 Å². The second-order valence-electron chi connectivity index (χ2n) is 8.22. The number of hydrogen-bond donors (Lipinski definition) is 2. The maximum atomic E-state index is 13.0. The molecule has 0 saturated heterocycles. The molecule has 0 unspecified atom stereocenters. The van der Waals surface area contributed by atoms with E-state index in [2.05, 4.69) is 10.6 Å². The van der Waals surface area contributed by atoms with Crippen molar-refractivity contribution in [1.29, 1.82) is 0 Å². The molecule has 1 saturated carbocycles. The Morgan fingerprint density at radius 2 is 1.58 bits per heavy atom. The molecule has 4 amide bonds. The van der Waals surface area contributed by atoms with E-state index in [1.54, 1.807) is 24.3 Å². The van der Waals surface area contributed by atoms with Crippen LogP contribution >= 0.6 is 0 Å². The minimum Gasteiger partial charge on any atom is -0.325 e. The zero-order chi connectivity index (χ0) is 22.1. The first-order chi connectivity index (χ1) is 14.8. The number of rotatable bonds is 4. The smallest absolute Gasteiger partial charge is 0.261 e. The fourth-order valence-corrected chi connectivity index (χ4v) is 4.33. The van der Waals surface area contributed by atoms with Gasteiger partial charge in [0.05, 0.1) is 22.5 Å². The maximum Gasteiger partial charge on any atom is 0.261 e. The van der Waals surface area contributed by atoms with E-state index >= 15 is 0 Å². The average molecular weight is 419 g/mol. The van der Waals surface area contributed by atoms with Gasteiger partial charge in [-0.15, -0.1) is 0 Å². The molecule has 160 valence electrons. The first kappa shape index (κ1) is 20.8.